The molecule has 5 aromatic rings. The molecule has 1 aromatic heterocycles. The minimum atomic E-state index is -0.362. The van der Waals surface area contributed by atoms with Crippen molar-refractivity contribution in [2.45, 2.75) is 38.9 Å². The molecule has 0 unspecified atom stereocenters. The average molecular weight is 511 g/mol. The molecule has 1 fully saturated rings. The predicted molar refractivity (Wildman–Crippen MR) is 157 cm³/mol. The summed E-state index contributed by atoms with van der Waals surface area (Å²) in [5, 5.41) is 0. The average Bonchev–Trinajstić information content (AvgIpc) is 3.20. The zero-order valence-electron chi connectivity index (χ0n) is 22.6. The molecule has 4 aromatic carbocycles. The topological polar surface area (TPSA) is 57.1 Å². The molecular formula is C33H30BN3O2. The summed E-state index contributed by atoms with van der Waals surface area (Å²) in [6.45, 7) is 8.28. The third kappa shape index (κ3) is 5.01. The number of hydrogen-bond donors (Lipinski definition) is 0. The van der Waals surface area contributed by atoms with Crippen LogP contribution < -0.4 is 5.46 Å². The number of rotatable bonds is 5. The Hall–Kier alpha value is -4.13. The molecule has 0 bridgehead atoms. The lowest BCUT2D eigenvalue weighted by molar-refractivity contribution is 0.00578. The van der Waals surface area contributed by atoms with E-state index in [9.17, 15) is 0 Å². The quantitative estimate of drug-likeness (QED) is 0.242. The molecule has 39 heavy (non-hydrogen) atoms. The van der Waals surface area contributed by atoms with Crippen LogP contribution in [0.5, 0.6) is 0 Å². The Morgan fingerprint density at radius 1 is 0.487 bits per heavy atom. The molecule has 5 nitrogen and oxygen atoms in total. The summed E-state index contributed by atoms with van der Waals surface area (Å²) in [6.07, 6.45) is 1.57. The van der Waals surface area contributed by atoms with Crippen LogP contribution in [-0.4, -0.2) is 33.3 Å². The van der Waals surface area contributed by atoms with Gasteiger partial charge < -0.3 is 9.31 Å². The van der Waals surface area contributed by atoms with Crippen molar-refractivity contribution < 1.29 is 9.31 Å². The summed E-state index contributed by atoms with van der Waals surface area (Å²) in [5.74, 6) is 1.30. The first-order valence-electron chi connectivity index (χ1n) is 13.2. The van der Waals surface area contributed by atoms with Crippen LogP contribution in [0.25, 0.3) is 45.0 Å². The Bertz CT molecular complexity index is 1570. The largest absolute Gasteiger partial charge is 0.494 e. The van der Waals surface area contributed by atoms with Gasteiger partial charge in [0.25, 0.3) is 0 Å². The van der Waals surface area contributed by atoms with Gasteiger partial charge in [-0.2, -0.15) is 0 Å². The maximum absolute atomic E-state index is 6.19. The third-order valence-corrected chi connectivity index (χ3v) is 7.73. The van der Waals surface area contributed by atoms with Gasteiger partial charge in [0.05, 0.1) is 11.2 Å². The molecular weight excluding hydrogens is 481 g/mol. The summed E-state index contributed by atoms with van der Waals surface area (Å²) < 4.78 is 12.4. The Labute approximate surface area is 230 Å². The number of nitrogens with zero attached hydrogens (tertiary/aromatic N) is 3. The van der Waals surface area contributed by atoms with Gasteiger partial charge in [-0.3, -0.25) is 0 Å². The lowest BCUT2D eigenvalue weighted by Gasteiger charge is -2.32. The Balaban J connectivity index is 1.18. The Morgan fingerprint density at radius 3 is 1.33 bits per heavy atom. The summed E-state index contributed by atoms with van der Waals surface area (Å²) >= 11 is 0. The van der Waals surface area contributed by atoms with E-state index >= 15 is 0 Å². The van der Waals surface area contributed by atoms with E-state index in [0.717, 1.165) is 33.3 Å². The van der Waals surface area contributed by atoms with Gasteiger partial charge in [0.2, 0.25) is 0 Å². The van der Waals surface area contributed by atoms with E-state index in [1.165, 1.54) is 5.56 Å². The van der Waals surface area contributed by atoms with Crippen LogP contribution in [0.4, 0.5) is 0 Å². The second-order valence-corrected chi connectivity index (χ2v) is 10.9. The standard InChI is InChI=1S/C33H30BN3O2/c1-32(2)33(3,4)39-34(38-32)29-20-18-26(19-21-29)25-12-16-28(17-13-25)31-36-22-35-30(37-31)27-14-10-24(11-15-27)23-8-6-5-7-9-23/h5-22H,1-4H3. The highest BCUT2D eigenvalue weighted by Gasteiger charge is 2.51. The Morgan fingerprint density at radius 2 is 0.872 bits per heavy atom. The van der Waals surface area contributed by atoms with Crippen molar-refractivity contribution in [1.29, 1.82) is 0 Å². The van der Waals surface area contributed by atoms with Gasteiger partial charge in [-0.15, -0.1) is 0 Å². The summed E-state index contributed by atoms with van der Waals surface area (Å²) in [6, 6.07) is 35.3. The summed E-state index contributed by atoms with van der Waals surface area (Å²) in [7, 11) is -0.362. The highest BCUT2D eigenvalue weighted by atomic mass is 16.7. The minimum absolute atomic E-state index is 0.354. The monoisotopic (exact) mass is 511 g/mol. The van der Waals surface area contributed by atoms with Gasteiger partial charge in [0.1, 0.15) is 6.33 Å². The first-order chi connectivity index (χ1) is 18.8. The minimum Gasteiger partial charge on any atom is -0.399 e. The maximum Gasteiger partial charge on any atom is 0.494 e. The molecule has 0 saturated carbocycles. The van der Waals surface area contributed by atoms with Gasteiger partial charge in [0, 0.05) is 11.1 Å². The zero-order chi connectivity index (χ0) is 27.0. The fourth-order valence-corrected chi connectivity index (χ4v) is 4.64. The van der Waals surface area contributed by atoms with Crippen LogP contribution in [0.3, 0.4) is 0 Å². The van der Waals surface area contributed by atoms with E-state index in [-0.39, 0.29) is 18.3 Å². The second kappa shape index (κ2) is 9.88. The molecule has 1 aliphatic rings. The first-order valence-corrected chi connectivity index (χ1v) is 13.2. The van der Waals surface area contributed by atoms with E-state index in [1.807, 2.05) is 18.2 Å². The summed E-state index contributed by atoms with van der Waals surface area (Å²) in [5.41, 5.74) is 6.79. The molecule has 0 amide bonds. The molecule has 0 atom stereocenters. The van der Waals surface area contributed by atoms with Crippen molar-refractivity contribution >= 4 is 12.6 Å². The van der Waals surface area contributed by atoms with Crippen LogP contribution >= 0.6 is 0 Å². The van der Waals surface area contributed by atoms with E-state index in [4.69, 9.17) is 14.3 Å². The molecule has 1 saturated heterocycles. The van der Waals surface area contributed by atoms with Crippen LogP contribution in [-0.2, 0) is 9.31 Å². The van der Waals surface area contributed by atoms with E-state index in [2.05, 4.69) is 123 Å². The number of hydrogen-bond acceptors (Lipinski definition) is 5. The molecule has 0 radical (unpaired) electrons. The van der Waals surface area contributed by atoms with Crippen molar-refractivity contribution in [3.05, 3.63) is 109 Å². The Kier molecular flexibility index (Phi) is 6.38. The van der Waals surface area contributed by atoms with Crippen LogP contribution in [0.2, 0.25) is 0 Å². The highest BCUT2D eigenvalue weighted by molar-refractivity contribution is 6.62. The maximum atomic E-state index is 6.19. The lowest BCUT2D eigenvalue weighted by atomic mass is 9.78. The van der Waals surface area contributed by atoms with Gasteiger partial charge in [0.15, 0.2) is 11.6 Å². The molecule has 0 spiro atoms. The lowest BCUT2D eigenvalue weighted by Crippen LogP contribution is -2.41. The normalized spacial score (nSPS) is 15.8. The van der Waals surface area contributed by atoms with Crippen molar-refractivity contribution in [3.63, 3.8) is 0 Å². The van der Waals surface area contributed by atoms with E-state index in [0.29, 0.717) is 11.6 Å². The van der Waals surface area contributed by atoms with Crippen molar-refractivity contribution in [1.82, 2.24) is 15.0 Å². The van der Waals surface area contributed by atoms with Crippen molar-refractivity contribution in [3.8, 4) is 45.0 Å². The van der Waals surface area contributed by atoms with Gasteiger partial charge in [-0.1, -0.05) is 103 Å². The molecule has 1 aliphatic heterocycles. The fourth-order valence-electron chi connectivity index (χ4n) is 4.64. The molecule has 0 N–H and O–H groups in total. The molecule has 2 heterocycles. The zero-order valence-corrected chi connectivity index (χ0v) is 22.6. The third-order valence-electron chi connectivity index (χ3n) is 7.73. The molecule has 0 aliphatic carbocycles. The van der Waals surface area contributed by atoms with Gasteiger partial charge in [-0.25, -0.2) is 15.0 Å². The van der Waals surface area contributed by atoms with Gasteiger partial charge in [-0.05, 0) is 55.4 Å². The predicted octanol–water partition coefficient (Wildman–Crippen LogP) is 6.84. The van der Waals surface area contributed by atoms with Crippen molar-refractivity contribution in [2.75, 3.05) is 0 Å². The van der Waals surface area contributed by atoms with Gasteiger partial charge >= 0.3 is 7.12 Å². The van der Waals surface area contributed by atoms with Crippen molar-refractivity contribution in [2.24, 2.45) is 0 Å². The highest BCUT2D eigenvalue weighted by Crippen LogP contribution is 2.36. The fraction of sp³-hybridized carbons (Fsp3) is 0.182. The van der Waals surface area contributed by atoms with Crippen LogP contribution in [0, 0.1) is 0 Å². The smallest absolute Gasteiger partial charge is 0.399 e. The van der Waals surface area contributed by atoms with E-state index in [1.54, 1.807) is 6.33 Å². The second-order valence-electron chi connectivity index (χ2n) is 10.9. The molecule has 192 valence electrons. The first kappa shape index (κ1) is 25.2. The van der Waals surface area contributed by atoms with Crippen LogP contribution in [0.1, 0.15) is 27.7 Å². The van der Waals surface area contributed by atoms with Crippen LogP contribution in [0.15, 0.2) is 109 Å². The summed E-state index contributed by atoms with van der Waals surface area (Å²) in [4.78, 5) is 13.6. The molecule has 6 rings (SSSR count). The SMILES string of the molecule is CC1(C)OB(c2ccc(-c3ccc(-c4ncnc(-c5ccc(-c6ccccc6)cc5)n4)cc3)cc2)OC1(C)C. The number of benzene rings is 4. The molecule has 6 heteroatoms. The number of aromatic nitrogens is 3. The van der Waals surface area contributed by atoms with E-state index < -0.39 is 0 Å².